The van der Waals surface area contributed by atoms with Crippen LogP contribution in [0.5, 0.6) is 5.88 Å². The summed E-state index contributed by atoms with van der Waals surface area (Å²) in [5.74, 6) is 0.495. The number of nitro groups is 1. The van der Waals surface area contributed by atoms with Crippen molar-refractivity contribution in [3.63, 3.8) is 0 Å². The number of nitrogens with one attached hydrogen (secondary N) is 1. The number of para-hydroxylation sites is 1. The SMILES string of the molecule is C=CC(C)(C)Oc1[nH]c2ccccc2c1/C=C/[N+](=O)[O-]. The number of aromatic nitrogens is 1. The Labute approximate surface area is 116 Å². The maximum absolute atomic E-state index is 10.5. The van der Waals surface area contributed by atoms with Gasteiger partial charge in [-0.25, -0.2) is 0 Å². The van der Waals surface area contributed by atoms with Gasteiger partial charge in [-0.2, -0.15) is 0 Å². The number of H-pyrrole nitrogens is 1. The highest BCUT2D eigenvalue weighted by Crippen LogP contribution is 2.31. The number of benzene rings is 1. The number of rotatable bonds is 5. The van der Waals surface area contributed by atoms with E-state index in [1.165, 1.54) is 6.08 Å². The summed E-state index contributed by atoms with van der Waals surface area (Å²) in [6, 6.07) is 7.55. The highest BCUT2D eigenvalue weighted by molar-refractivity contribution is 5.91. The van der Waals surface area contributed by atoms with E-state index in [0.717, 1.165) is 17.1 Å². The summed E-state index contributed by atoms with van der Waals surface area (Å²) in [5.41, 5.74) is 0.954. The van der Waals surface area contributed by atoms with Crippen LogP contribution in [0.2, 0.25) is 0 Å². The number of ether oxygens (including phenoxy) is 1. The average molecular weight is 272 g/mol. The number of hydrogen-bond donors (Lipinski definition) is 1. The Hall–Kier alpha value is -2.56. The molecule has 0 spiro atoms. The third kappa shape index (κ3) is 2.88. The van der Waals surface area contributed by atoms with Crippen LogP contribution < -0.4 is 4.74 Å². The van der Waals surface area contributed by atoms with Crippen molar-refractivity contribution >= 4 is 17.0 Å². The van der Waals surface area contributed by atoms with Gasteiger partial charge in [0.25, 0.3) is 0 Å². The standard InChI is InChI=1S/C15H16N2O3/c1-4-15(2,3)20-14-12(9-10-17(18)19)11-7-5-6-8-13(11)16-14/h4-10,16H,1H2,2-3H3/b10-9+. The fourth-order valence-corrected chi connectivity index (χ4v) is 1.83. The third-order valence-corrected chi connectivity index (χ3v) is 2.93. The Kier molecular flexibility index (Phi) is 3.61. The lowest BCUT2D eigenvalue weighted by Gasteiger charge is -2.21. The second-order valence-corrected chi connectivity index (χ2v) is 4.92. The first-order chi connectivity index (χ1) is 9.43. The molecule has 0 radical (unpaired) electrons. The van der Waals surface area contributed by atoms with Crippen LogP contribution in [0, 0.1) is 10.1 Å². The molecule has 5 nitrogen and oxygen atoms in total. The van der Waals surface area contributed by atoms with Crippen molar-refractivity contribution in [3.8, 4) is 5.88 Å². The lowest BCUT2D eigenvalue weighted by molar-refractivity contribution is -0.400. The van der Waals surface area contributed by atoms with E-state index in [9.17, 15) is 10.1 Å². The molecule has 1 aromatic carbocycles. The van der Waals surface area contributed by atoms with Gasteiger partial charge in [-0.15, -0.1) is 0 Å². The Bertz CT molecular complexity index is 683. The molecule has 0 aliphatic heterocycles. The molecule has 5 heteroatoms. The van der Waals surface area contributed by atoms with Crippen molar-refractivity contribution < 1.29 is 9.66 Å². The van der Waals surface area contributed by atoms with Gasteiger partial charge in [0.1, 0.15) is 5.60 Å². The molecule has 2 aromatic rings. The third-order valence-electron chi connectivity index (χ3n) is 2.93. The molecule has 0 aliphatic carbocycles. The quantitative estimate of drug-likeness (QED) is 0.512. The molecule has 20 heavy (non-hydrogen) atoms. The molecule has 0 atom stereocenters. The van der Waals surface area contributed by atoms with Gasteiger partial charge in [0.15, 0.2) is 5.88 Å². The first-order valence-electron chi connectivity index (χ1n) is 6.18. The number of nitrogens with zero attached hydrogens (tertiary/aromatic N) is 1. The van der Waals surface area contributed by atoms with E-state index in [-0.39, 0.29) is 0 Å². The van der Waals surface area contributed by atoms with E-state index in [1.807, 2.05) is 38.1 Å². The minimum absolute atomic E-state index is 0.495. The maximum Gasteiger partial charge on any atom is 0.235 e. The summed E-state index contributed by atoms with van der Waals surface area (Å²) in [6.07, 6.45) is 4.02. The molecule has 0 unspecified atom stereocenters. The summed E-state index contributed by atoms with van der Waals surface area (Å²) < 4.78 is 5.85. The van der Waals surface area contributed by atoms with E-state index >= 15 is 0 Å². The molecule has 0 aliphatic rings. The Morgan fingerprint density at radius 2 is 2.10 bits per heavy atom. The lowest BCUT2D eigenvalue weighted by Crippen LogP contribution is -2.25. The van der Waals surface area contributed by atoms with Crippen molar-refractivity contribution in [3.05, 3.63) is 58.8 Å². The monoisotopic (exact) mass is 272 g/mol. The normalized spacial score (nSPS) is 11.9. The first kappa shape index (κ1) is 13.9. The summed E-state index contributed by atoms with van der Waals surface area (Å²) in [6.45, 7) is 7.46. The minimum Gasteiger partial charge on any atom is -0.468 e. The van der Waals surface area contributed by atoms with E-state index in [2.05, 4.69) is 11.6 Å². The molecule has 104 valence electrons. The molecule has 1 N–H and O–H groups in total. The minimum atomic E-state index is -0.571. The topological polar surface area (TPSA) is 68.2 Å². The van der Waals surface area contributed by atoms with Crippen LogP contribution in [-0.2, 0) is 0 Å². The van der Waals surface area contributed by atoms with Crippen LogP contribution in [0.15, 0.2) is 43.1 Å². The summed E-state index contributed by atoms with van der Waals surface area (Å²) in [7, 11) is 0. The van der Waals surface area contributed by atoms with E-state index in [1.54, 1.807) is 6.08 Å². The molecule has 2 rings (SSSR count). The average Bonchev–Trinajstić information content (AvgIpc) is 2.73. The van der Waals surface area contributed by atoms with Gasteiger partial charge in [-0.3, -0.25) is 10.1 Å². The molecule has 0 bridgehead atoms. The zero-order chi connectivity index (χ0) is 14.8. The fraction of sp³-hybridized carbons (Fsp3) is 0.200. The molecule has 1 aromatic heterocycles. The van der Waals surface area contributed by atoms with Crippen molar-refractivity contribution in [1.29, 1.82) is 0 Å². The molecule has 0 amide bonds. The zero-order valence-electron chi connectivity index (χ0n) is 11.4. The molecule has 0 fully saturated rings. The van der Waals surface area contributed by atoms with Gasteiger partial charge in [-0.05, 0) is 26.0 Å². The van der Waals surface area contributed by atoms with Crippen molar-refractivity contribution in [2.45, 2.75) is 19.4 Å². The second-order valence-electron chi connectivity index (χ2n) is 4.92. The van der Waals surface area contributed by atoms with Crippen molar-refractivity contribution in [2.24, 2.45) is 0 Å². The van der Waals surface area contributed by atoms with Crippen LogP contribution in [-0.4, -0.2) is 15.5 Å². The maximum atomic E-state index is 10.5. The van der Waals surface area contributed by atoms with Gasteiger partial charge in [0.05, 0.1) is 10.5 Å². The predicted molar refractivity (Wildman–Crippen MR) is 79.2 cm³/mol. The number of hydrogen-bond acceptors (Lipinski definition) is 3. The van der Waals surface area contributed by atoms with Gasteiger partial charge in [0.2, 0.25) is 6.20 Å². The van der Waals surface area contributed by atoms with Crippen LogP contribution in [0.4, 0.5) is 0 Å². The van der Waals surface area contributed by atoms with Gasteiger partial charge in [-0.1, -0.05) is 24.8 Å². The molecule has 0 saturated heterocycles. The molecule has 1 heterocycles. The number of fused-ring (bicyclic) bond motifs is 1. The predicted octanol–water partition coefficient (Wildman–Crippen LogP) is 3.76. The Morgan fingerprint density at radius 3 is 2.75 bits per heavy atom. The van der Waals surface area contributed by atoms with Crippen molar-refractivity contribution in [2.75, 3.05) is 0 Å². The first-order valence-corrected chi connectivity index (χ1v) is 6.18. The summed E-state index contributed by atoms with van der Waals surface area (Å²) in [5, 5.41) is 11.4. The fourth-order valence-electron chi connectivity index (χ4n) is 1.83. The number of aromatic amines is 1. The Morgan fingerprint density at radius 1 is 1.40 bits per heavy atom. The van der Waals surface area contributed by atoms with Crippen LogP contribution in [0.1, 0.15) is 19.4 Å². The smallest absolute Gasteiger partial charge is 0.235 e. The molecular weight excluding hydrogens is 256 g/mol. The molecular formula is C15H16N2O3. The second kappa shape index (κ2) is 5.21. The van der Waals surface area contributed by atoms with Gasteiger partial charge in [0, 0.05) is 17.0 Å². The van der Waals surface area contributed by atoms with Gasteiger partial charge < -0.3 is 9.72 Å². The summed E-state index contributed by atoms with van der Waals surface area (Å²) in [4.78, 5) is 13.2. The summed E-state index contributed by atoms with van der Waals surface area (Å²) >= 11 is 0. The Balaban J connectivity index is 2.55. The molecule has 0 saturated carbocycles. The van der Waals surface area contributed by atoms with E-state index in [4.69, 9.17) is 4.74 Å². The van der Waals surface area contributed by atoms with Crippen LogP contribution >= 0.6 is 0 Å². The van der Waals surface area contributed by atoms with E-state index < -0.39 is 10.5 Å². The van der Waals surface area contributed by atoms with Crippen LogP contribution in [0.25, 0.3) is 17.0 Å². The lowest BCUT2D eigenvalue weighted by atomic mass is 10.1. The van der Waals surface area contributed by atoms with Crippen molar-refractivity contribution in [1.82, 2.24) is 4.98 Å². The highest BCUT2D eigenvalue weighted by Gasteiger charge is 2.19. The largest absolute Gasteiger partial charge is 0.468 e. The van der Waals surface area contributed by atoms with Gasteiger partial charge >= 0.3 is 0 Å². The zero-order valence-corrected chi connectivity index (χ0v) is 11.4. The van der Waals surface area contributed by atoms with E-state index in [0.29, 0.717) is 11.4 Å². The van der Waals surface area contributed by atoms with Crippen LogP contribution in [0.3, 0.4) is 0 Å². The highest BCUT2D eigenvalue weighted by atomic mass is 16.6.